The Hall–Kier alpha value is -1.48. The predicted octanol–water partition coefficient (Wildman–Crippen LogP) is 5.61. The highest BCUT2D eigenvalue weighted by Crippen LogP contribution is 2.29. The molecule has 0 amide bonds. The van der Waals surface area contributed by atoms with E-state index in [9.17, 15) is 0 Å². The molecule has 3 rings (SSSR count). The molecule has 5 heteroatoms. The van der Waals surface area contributed by atoms with Crippen LogP contribution in [0.25, 0.3) is 16.9 Å². The molecule has 105 valence electrons. The largest absolute Gasteiger partial charge is 0.231 e. The molecule has 0 bridgehead atoms. The first-order valence-electron chi connectivity index (χ1n) is 6.25. The number of rotatable bonds is 2. The zero-order valence-electron chi connectivity index (χ0n) is 11.1. The first-order chi connectivity index (χ1) is 10.0. The van der Waals surface area contributed by atoms with Gasteiger partial charge in [0.2, 0.25) is 0 Å². The molecule has 1 radical (unpaired) electrons. The molecule has 0 saturated heterocycles. The highest BCUT2D eigenvalue weighted by Gasteiger charge is 2.13. The quantitative estimate of drug-likeness (QED) is 0.595. The van der Waals surface area contributed by atoms with Gasteiger partial charge in [-0.05, 0) is 37.3 Å². The number of aromatic nitrogens is 2. The van der Waals surface area contributed by atoms with Gasteiger partial charge in [0.05, 0.1) is 22.1 Å². The normalized spacial score (nSPS) is 10.9. The summed E-state index contributed by atoms with van der Waals surface area (Å²) in [6, 6.07) is 16.1. The Bertz CT molecular complexity index is 792. The van der Waals surface area contributed by atoms with E-state index in [1.54, 1.807) is 16.8 Å². The molecule has 0 unspecified atom stereocenters. The van der Waals surface area contributed by atoms with Gasteiger partial charge in [-0.1, -0.05) is 46.9 Å². The van der Waals surface area contributed by atoms with E-state index in [2.05, 4.69) is 11.2 Å². The minimum absolute atomic E-state index is 0.536. The third-order valence-electron chi connectivity index (χ3n) is 3.02. The predicted molar refractivity (Wildman–Crippen MR) is 87.6 cm³/mol. The standard InChI is InChI=1S/C16H10Cl3N2/c1-10-8-16(11-2-4-12(17)5-3-11)21(20-10)15-7-6-13(18)9-14(15)19/h2-7,9H,1H3. The van der Waals surface area contributed by atoms with E-state index >= 15 is 0 Å². The third-order valence-corrected chi connectivity index (χ3v) is 3.81. The van der Waals surface area contributed by atoms with Gasteiger partial charge < -0.3 is 0 Å². The minimum atomic E-state index is 0.536. The molecule has 0 aliphatic heterocycles. The van der Waals surface area contributed by atoms with E-state index < -0.39 is 0 Å². The molecule has 0 saturated carbocycles. The van der Waals surface area contributed by atoms with Crippen molar-refractivity contribution < 1.29 is 0 Å². The molecule has 1 aromatic heterocycles. The van der Waals surface area contributed by atoms with Crippen molar-refractivity contribution >= 4 is 34.8 Å². The van der Waals surface area contributed by atoms with Gasteiger partial charge >= 0.3 is 0 Å². The summed E-state index contributed by atoms with van der Waals surface area (Å²) < 4.78 is 1.76. The summed E-state index contributed by atoms with van der Waals surface area (Å²) in [5.41, 5.74) is 3.33. The van der Waals surface area contributed by atoms with E-state index in [1.165, 1.54) is 0 Å². The van der Waals surface area contributed by atoms with Gasteiger partial charge in [-0.15, -0.1) is 0 Å². The van der Waals surface area contributed by atoms with Gasteiger partial charge in [0.1, 0.15) is 0 Å². The van der Waals surface area contributed by atoms with Crippen molar-refractivity contribution in [2.24, 2.45) is 0 Å². The highest BCUT2D eigenvalue weighted by molar-refractivity contribution is 6.35. The average Bonchev–Trinajstić information content (AvgIpc) is 2.81. The van der Waals surface area contributed by atoms with E-state index in [0.717, 1.165) is 22.6 Å². The molecule has 2 nitrogen and oxygen atoms in total. The number of benzene rings is 2. The van der Waals surface area contributed by atoms with Crippen LogP contribution in [-0.2, 0) is 0 Å². The van der Waals surface area contributed by atoms with Gasteiger partial charge in [0.25, 0.3) is 0 Å². The first kappa shape index (κ1) is 14.5. The Labute approximate surface area is 137 Å². The number of hydrogen-bond acceptors (Lipinski definition) is 1. The van der Waals surface area contributed by atoms with E-state index in [1.807, 2.05) is 37.3 Å². The molecule has 0 aliphatic carbocycles. The fraction of sp³-hybridized carbons (Fsp3) is 0.0625. The van der Waals surface area contributed by atoms with Crippen molar-refractivity contribution in [1.82, 2.24) is 9.78 Å². The first-order valence-corrected chi connectivity index (χ1v) is 7.38. The van der Waals surface area contributed by atoms with Gasteiger partial charge in [0.15, 0.2) is 0 Å². The maximum atomic E-state index is 6.28. The minimum Gasteiger partial charge on any atom is -0.231 e. The number of aryl methyl sites for hydroxylation is 1. The van der Waals surface area contributed by atoms with Gasteiger partial charge in [-0.25, -0.2) is 4.68 Å². The molecular weight excluding hydrogens is 327 g/mol. The van der Waals surface area contributed by atoms with Crippen LogP contribution in [0.5, 0.6) is 0 Å². The summed E-state index contributed by atoms with van der Waals surface area (Å²) >= 11 is 18.2. The van der Waals surface area contributed by atoms with Crippen molar-refractivity contribution in [3.8, 4) is 16.9 Å². The van der Waals surface area contributed by atoms with Crippen LogP contribution >= 0.6 is 34.8 Å². The van der Waals surface area contributed by atoms with Crippen LogP contribution in [0.15, 0.2) is 42.5 Å². The van der Waals surface area contributed by atoms with Crippen LogP contribution in [0.4, 0.5) is 0 Å². The Morgan fingerprint density at radius 3 is 2.29 bits per heavy atom. The van der Waals surface area contributed by atoms with Gasteiger partial charge in [0, 0.05) is 21.7 Å². The second-order valence-electron chi connectivity index (χ2n) is 4.57. The number of halogens is 3. The molecule has 1 heterocycles. The monoisotopic (exact) mass is 335 g/mol. The lowest BCUT2D eigenvalue weighted by atomic mass is 10.1. The molecule has 0 fully saturated rings. The summed E-state index contributed by atoms with van der Waals surface area (Å²) in [4.78, 5) is 0. The molecule has 3 aromatic rings. The smallest absolute Gasteiger partial charge is 0.0840 e. The number of hydrogen-bond donors (Lipinski definition) is 0. The maximum Gasteiger partial charge on any atom is 0.0840 e. The fourth-order valence-electron chi connectivity index (χ4n) is 2.08. The molecule has 0 N–H and O–H groups in total. The van der Waals surface area contributed by atoms with Crippen molar-refractivity contribution in [3.63, 3.8) is 0 Å². The van der Waals surface area contributed by atoms with Crippen LogP contribution in [0.3, 0.4) is 0 Å². The Morgan fingerprint density at radius 1 is 0.952 bits per heavy atom. The van der Waals surface area contributed by atoms with E-state index in [-0.39, 0.29) is 0 Å². The summed E-state index contributed by atoms with van der Waals surface area (Å²) in [7, 11) is 0. The molecular formula is C16H10Cl3N2. The van der Waals surface area contributed by atoms with E-state index in [0.29, 0.717) is 15.1 Å². The lowest BCUT2D eigenvalue weighted by Crippen LogP contribution is -2.00. The molecule has 2 aromatic carbocycles. The lowest BCUT2D eigenvalue weighted by molar-refractivity contribution is 0.869. The number of nitrogens with zero attached hydrogens (tertiary/aromatic N) is 2. The molecule has 0 aliphatic rings. The van der Waals surface area contributed by atoms with Gasteiger partial charge in [-0.2, -0.15) is 5.10 Å². The fourth-order valence-corrected chi connectivity index (χ4v) is 2.69. The topological polar surface area (TPSA) is 17.8 Å². The maximum absolute atomic E-state index is 6.28. The molecule has 21 heavy (non-hydrogen) atoms. The summed E-state index contributed by atoms with van der Waals surface area (Å²) in [6.45, 7) is 1.89. The zero-order chi connectivity index (χ0) is 15.0. The average molecular weight is 337 g/mol. The van der Waals surface area contributed by atoms with Crippen LogP contribution in [-0.4, -0.2) is 9.78 Å². The molecule has 0 spiro atoms. The second-order valence-corrected chi connectivity index (χ2v) is 5.85. The van der Waals surface area contributed by atoms with Crippen LogP contribution in [0, 0.1) is 13.0 Å². The Kier molecular flexibility index (Phi) is 3.94. The van der Waals surface area contributed by atoms with Crippen LogP contribution in [0.2, 0.25) is 15.1 Å². The van der Waals surface area contributed by atoms with Crippen molar-refractivity contribution in [1.29, 1.82) is 0 Å². The second kappa shape index (κ2) is 5.72. The van der Waals surface area contributed by atoms with Crippen LogP contribution in [0.1, 0.15) is 5.69 Å². The highest BCUT2D eigenvalue weighted by atomic mass is 35.5. The Morgan fingerprint density at radius 2 is 1.62 bits per heavy atom. The summed E-state index contributed by atoms with van der Waals surface area (Å²) in [6.07, 6.45) is 0. The van der Waals surface area contributed by atoms with Crippen LogP contribution < -0.4 is 0 Å². The van der Waals surface area contributed by atoms with Crippen molar-refractivity contribution in [3.05, 3.63) is 69.3 Å². The third kappa shape index (κ3) is 2.93. The van der Waals surface area contributed by atoms with Gasteiger partial charge in [-0.3, -0.25) is 0 Å². The lowest BCUT2D eigenvalue weighted by Gasteiger charge is -2.09. The molecule has 0 atom stereocenters. The summed E-state index contributed by atoms with van der Waals surface area (Å²) in [5, 5.41) is 6.28. The van der Waals surface area contributed by atoms with Crippen molar-refractivity contribution in [2.45, 2.75) is 6.92 Å². The van der Waals surface area contributed by atoms with Crippen molar-refractivity contribution in [2.75, 3.05) is 0 Å². The Balaban J connectivity index is 2.17. The van der Waals surface area contributed by atoms with E-state index in [4.69, 9.17) is 34.8 Å². The SMILES string of the molecule is Cc1[c]c(-c2ccc(Cl)cc2)n(-c2ccc(Cl)cc2Cl)n1. The zero-order valence-corrected chi connectivity index (χ0v) is 13.3. The summed E-state index contributed by atoms with van der Waals surface area (Å²) in [5.74, 6) is 0.